The van der Waals surface area contributed by atoms with Crippen LogP contribution < -0.4 is 5.32 Å². The summed E-state index contributed by atoms with van der Waals surface area (Å²) < 4.78 is 5.67. The zero-order chi connectivity index (χ0) is 14.8. The Hall–Kier alpha value is -1.81. The summed E-state index contributed by atoms with van der Waals surface area (Å²) in [5.74, 6) is 0.938. The zero-order valence-electron chi connectivity index (χ0n) is 12.3. The molecule has 0 saturated heterocycles. The summed E-state index contributed by atoms with van der Waals surface area (Å²) in [6, 6.07) is 7.68. The van der Waals surface area contributed by atoms with E-state index < -0.39 is 0 Å². The molecule has 2 aromatic rings. The first kappa shape index (κ1) is 14.1. The third-order valence-corrected chi connectivity index (χ3v) is 4.63. The lowest BCUT2D eigenvalue weighted by molar-refractivity contribution is 0.0911. The number of benzene rings is 1. The van der Waals surface area contributed by atoms with Crippen molar-refractivity contribution < 1.29 is 14.3 Å². The number of carbonyl (C=O) groups excluding carboxylic acids is 1. The fraction of sp³-hybridized carbons (Fsp3) is 0.471. The maximum absolute atomic E-state index is 12.3. The smallest absolute Gasteiger partial charge is 0.287 e. The van der Waals surface area contributed by atoms with Crippen molar-refractivity contribution in [2.45, 2.75) is 26.2 Å². The molecule has 2 atom stereocenters. The van der Waals surface area contributed by atoms with E-state index in [-0.39, 0.29) is 12.5 Å². The molecule has 0 aliphatic heterocycles. The summed E-state index contributed by atoms with van der Waals surface area (Å²) >= 11 is 0. The molecular weight excluding hydrogens is 266 g/mol. The van der Waals surface area contributed by atoms with Gasteiger partial charge < -0.3 is 14.8 Å². The van der Waals surface area contributed by atoms with E-state index in [2.05, 4.69) is 5.32 Å². The Labute approximate surface area is 124 Å². The maximum atomic E-state index is 12.3. The molecule has 1 fully saturated rings. The minimum atomic E-state index is -0.160. The molecule has 1 aromatic carbocycles. The van der Waals surface area contributed by atoms with Gasteiger partial charge in [-0.05, 0) is 37.7 Å². The van der Waals surface area contributed by atoms with E-state index in [9.17, 15) is 9.90 Å². The summed E-state index contributed by atoms with van der Waals surface area (Å²) in [7, 11) is 0. The third kappa shape index (κ3) is 2.68. The first-order valence-corrected chi connectivity index (χ1v) is 7.58. The average Bonchev–Trinajstić information content (AvgIpc) is 3.09. The van der Waals surface area contributed by atoms with Crippen LogP contribution in [0.3, 0.4) is 0 Å². The lowest BCUT2D eigenvalue weighted by Gasteiger charge is -2.17. The van der Waals surface area contributed by atoms with Gasteiger partial charge in [-0.2, -0.15) is 0 Å². The van der Waals surface area contributed by atoms with Crippen LogP contribution in [0.25, 0.3) is 11.0 Å². The van der Waals surface area contributed by atoms with Gasteiger partial charge in [0.05, 0.1) is 0 Å². The number of carbonyl (C=O) groups is 1. The second kappa shape index (κ2) is 5.90. The molecule has 1 aliphatic carbocycles. The van der Waals surface area contributed by atoms with E-state index >= 15 is 0 Å². The molecule has 112 valence electrons. The van der Waals surface area contributed by atoms with E-state index in [1.54, 1.807) is 0 Å². The number of para-hydroxylation sites is 1. The largest absolute Gasteiger partial charge is 0.451 e. The van der Waals surface area contributed by atoms with E-state index in [1.807, 2.05) is 31.2 Å². The Bertz CT molecular complexity index is 647. The quantitative estimate of drug-likeness (QED) is 0.909. The van der Waals surface area contributed by atoms with Gasteiger partial charge in [0, 0.05) is 24.1 Å². The van der Waals surface area contributed by atoms with Crippen LogP contribution in [0.4, 0.5) is 0 Å². The second-order valence-electron chi connectivity index (χ2n) is 5.90. The van der Waals surface area contributed by atoms with Gasteiger partial charge in [0.15, 0.2) is 5.76 Å². The van der Waals surface area contributed by atoms with Crippen LogP contribution in [0, 0.1) is 18.8 Å². The number of hydrogen-bond acceptors (Lipinski definition) is 3. The summed E-state index contributed by atoms with van der Waals surface area (Å²) in [4.78, 5) is 12.3. The van der Waals surface area contributed by atoms with Crippen LogP contribution in [-0.2, 0) is 0 Å². The predicted molar refractivity (Wildman–Crippen MR) is 81.2 cm³/mol. The fourth-order valence-corrected chi connectivity index (χ4v) is 3.32. The van der Waals surface area contributed by atoms with Crippen molar-refractivity contribution >= 4 is 16.9 Å². The third-order valence-electron chi connectivity index (χ3n) is 4.63. The standard InChI is InChI=1S/C17H21NO3/c1-11-14-7-2-3-8-15(14)21-16(11)17(20)18-9-12-5-4-6-13(12)10-19/h2-3,7-8,12-13,19H,4-6,9-10H2,1H3,(H,18,20). The molecule has 2 N–H and O–H groups in total. The number of aryl methyl sites for hydroxylation is 1. The van der Waals surface area contributed by atoms with Gasteiger partial charge in [-0.3, -0.25) is 4.79 Å². The highest BCUT2D eigenvalue weighted by Crippen LogP contribution is 2.31. The van der Waals surface area contributed by atoms with Crippen LogP contribution in [0.5, 0.6) is 0 Å². The highest BCUT2D eigenvalue weighted by Gasteiger charge is 2.27. The van der Waals surface area contributed by atoms with Crippen LogP contribution in [0.1, 0.15) is 35.4 Å². The molecule has 4 heteroatoms. The minimum Gasteiger partial charge on any atom is -0.451 e. The van der Waals surface area contributed by atoms with Gasteiger partial charge in [0.25, 0.3) is 5.91 Å². The first-order chi connectivity index (χ1) is 10.2. The Morgan fingerprint density at radius 1 is 1.33 bits per heavy atom. The zero-order valence-corrected chi connectivity index (χ0v) is 12.3. The van der Waals surface area contributed by atoms with Crippen molar-refractivity contribution in [3.05, 3.63) is 35.6 Å². The van der Waals surface area contributed by atoms with Gasteiger partial charge in [0.2, 0.25) is 0 Å². The molecule has 21 heavy (non-hydrogen) atoms. The highest BCUT2D eigenvalue weighted by atomic mass is 16.3. The lowest BCUT2D eigenvalue weighted by Crippen LogP contribution is -2.31. The lowest BCUT2D eigenvalue weighted by atomic mass is 9.97. The second-order valence-corrected chi connectivity index (χ2v) is 5.90. The van der Waals surface area contributed by atoms with Crippen LogP contribution in [0.15, 0.2) is 28.7 Å². The molecule has 1 heterocycles. The number of aliphatic hydroxyl groups is 1. The fourth-order valence-electron chi connectivity index (χ4n) is 3.32. The Morgan fingerprint density at radius 3 is 2.86 bits per heavy atom. The Kier molecular flexibility index (Phi) is 3.97. The normalized spacial score (nSPS) is 21.8. The monoisotopic (exact) mass is 287 g/mol. The molecule has 1 amide bonds. The van der Waals surface area contributed by atoms with Crippen molar-refractivity contribution in [3.63, 3.8) is 0 Å². The molecule has 0 radical (unpaired) electrons. The predicted octanol–water partition coefficient (Wildman–Crippen LogP) is 2.88. The number of nitrogens with one attached hydrogen (secondary N) is 1. The molecule has 2 unspecified atom stereocenters. The van der Waals surface area contributed by atoms with Crippen LogP contribution in [0.2, 0.25) is 0 Å². The number of amides is 1. The molecular formula is C17H21NO3. The minimum absolute atomic E-state index is 0.160. The summed E-state index contributed by atoms with van der Waals surface area (Å²) in [5.41, 5.74) is 1.63. The topological polar surface area (TPSA) is 62.5 Å². The van der Waals surface area contributed by atoms with Gasteiger partial charge in [-0.25, -0.2) is 0 Å². The van der Waals surface area contributed by atoms with E-state index in [0.29, 0.717) is 24.1 Å². The number of rotatable bonds is 4. The molecule has 4 nitrogen and oxygen atoms in total. The number of hydrogen-bond donors (Lipinski definition) is 2. The van der Waals surface area contributed by atoms with Crippen molar-refractivity contribution in [1.82, 2.24) is 5.32 Å². The molecule has 1 aliphatic rings. The molecule has 0 bridgehead atoms. The highest BCUT2D eigenvalue weighted by molar-refractivity contribution is 5.98. The van der Waals surface area contributed by atoms with E-state index in [1.165, 1.54) is 0 Å². The number of aliphatic hydroxyl groups excluding tert-OH is 1. The van der Waals surface area contributed by atoms with Crippen LogP contribution >= 0.6 is 0 Å². The maximum Gasteiger partial charge on any atom is 0.287 e. The molecule has 1 aromatic heterocycles. The van der Waals surface area contributed by atoms with Crippen molar-refractivity contribution in [2.24, 2.45) is 11.8 Å². The van der Waals surface area contributed by atoms with Gasteiger partial charge in [-0.1, -0.05) is 24.6 Å². The summed E-state index contributed by atoms with van der Waals surface area (Å²) in [6.45, 7) is 2.73. The number of fused-ring (bicyclic) bond motifs is 1. The van der Waals surface area contributed by atoms with E-state index in [4.69, 9.17) is 4.42 Å². The Morgan fingerprint density at radius 2 is 2.10 bits per heavy atom. The molecule has 3 rings (SSSR count). The first-order valence-electron chi connectivity index (χ1n) is 7.58. The number of furan rings is 1. The van der Waals surface area contributed by atoms with Gasteiger partial charge in [0.1, 0.15) is 5.58 Å². The molecule has 0 spiro atoms. The summed E-state index contributed by atoms with van der Waals surface area (Å²) in [5, 5.41) is 13.3. The van der Waals surface area contributed by atoms with Gasteiger partial charge >= 0.3 is 0 Å². The van der Waals surface area contributed by atoms with Crippen molar-refractivity contribution in [2.75, 3.05) is 13.2 Å². The SMILES string of the molecule is Cc1c(C(=O)NCC2CCCC2CO)oc2ccccc12. The van der Waals surface area contributed by atoms with E-state index in [0.717, 1.165) is 35.8 Å². The van der Waals surface area contributed by atoms with Crippen LogP contribution in [-0.4, -0.2) is 24.2 Å². The van der Waals surface area contributed by atoms with Crippen molar-refractivity contribution in [1.29, 1.82) is 0 Å². The average molecular weight is 287 g/mol. The van der Waals surface area contributed by atoms with Crippen molar-refractivity contribution in [3.8, 4) is 0 Å². The summed E-state index contributed by atoms with van der Waals surface area (Å²) in [6.07, 6.45) is 3.26. The Balaban J connectivity index is 1.71. The molecule has 1 saturated carbocycles. The van der Waals surface area contributed by atoms with Gasteiger partial charge in [-0.15, -0.1) is 0 Å².